The third-order valence-corrected chi connectivity index (χ3v) is 3.58. The van der Waals surface area contributed by atoms with Gasteiger partial charge in [0.05, 0.1) is 18.8 Å². The molecule has 2 rings (SSSR count). The first-order valence-corrected chi connectivity index (χ1v) is 8.14. The minimum Gasteiger partial charge on any atom is -0.357 e. The van der Waals surface area contributed by atoms with E-state index in [1.165, 1.54) is 4.90 Å². The number of amides is 1. The van der Waals surface area contributed by atoms with E-state index in [9.17, 15) is 4.79 Å². The number of aromatic nitrogens is 2. The molecule has 0 saturated carbocycles. The van der Waals surface area contributed by atoms with Crippen molar-refractivity contribution in [1.82, 2.24) is 24.9 Å². The Morgan fingerprint density at radius 3 is 2.83 bits per heavy atom. The van der Waals surface area contributed by atoms with E-state index in [0.717, 1.165) is 22.4 Å². The minimum absolute atomic E-state index is 0.00631. The number of hydrogen-bond donors (Lipinski definition) is 2. The normalized spacial score (nSPS) is 11.6. The standard InChI is InChI=1S/C15H21BrN6O/c1-4-17-15(19-8-14(23)21(2)3)18-7-12-10-22-9-11(16)5-6-13(22)20-12/h5-6,9-10H,4,7-8H2,1-3H3,(H2,17,18,19). The number of halogens is 1. The van der Waals surface area contributed by atoms with E-state index in [-0.39, 0.29) is 12.5 Å². The monoisotopic (exact) mass is 380 g/mol. The van der Waals surface area contributed by atoms with Gasteiger partial charge in [-0.1, -0.05) is 0 Å². The molecule has 0 bridgehead atoms. The van der Waals surface area contributed by atoms with Gasteiger partial charge < -0.3 is 19.9 Å². The molecule has 23 heavy (non-hydrogen) atoms. The van der Waals surface area contributed by atoms with Gasteiger partial charge in [0, 0.05) is 37.5 Å². The van der Waals surface area contributed by atoms with Gasteiger partial charge >= 0.3 is 0 Å². The summed E-state index contributed by atoms with van der Waals surface area (Å²) >= 11 is 3.44. The van der Waals surface area contributed by atoms with E-state index in [0.29, 0.717) is 12.5 Å². The lowest BCUT2D eigenvalue weighted by molar-refractivity contribution is -0.127. The van der Waals surface area contributed by atoms with Gasteiger partial charge in [-0.05, 0) is 35.0 Å². The maximum Gasteiger partial charge on any atom is 0.241 e. The topological polar surface area (TPSA) is 74.0 Å². The summed E-state index contributed by atoms with van der Waals surface area (Å²) in [5.74, 6) is 0.592. The Morgan fingerprint density at radius 2 is 2.13 bits per heavy atom. The van der Waals surface area contributed by atoms with Crippen molar-refractivity contribution in [2.24, 2.45) is 4.99 Å². The van der Waals surface area contributed by atoms with Crippen LogP contribution in [0, 0.1) is 0 Å². The summed E-state index contributed by atoms with van der Waals surface area (Å²) in [7, 11) is 3.45. The van der Waals surface area contributed by atoms with Gasteiger partial charge in [-0.3, -0.25) is 4.79 Å². The number of carbonyl (C=O) groups is 1. The minimum atomic E-state index is -0.00631. The van der Waals surface area contributed by atoms with Crippen LogP contribution in [-0.2, 0) is 11.3 Å². The molecule has 124 valence electrons. The highest BCUT2D eigenvalue weighted by Crippen LogP contribution is 2.12. The van der Waals surface area contributed by atoms with Crippen LogP contribution in [0.2, 0.25) is 0 Å². The maximum absolute atomic E-state index is 11.6. The third kappa shape index (κ3) is 4.95. The summed E-state index contributed by atoms with van der Waals surface area (Å²) in [6.07, 6.45) is 3.90. The van der Waals surface area contributed by atoms with Gasteiger partial charge in [0.2, 0.25) is 5.91 Å². The average molecular weight is 381 g/mol. The number of aliphatic imine (C=N–C) groups is 1. The number of carbonyl (C=O) groups excluding carboxylic acids is 1. The van der Waals surface area contributed by atoms with Crippen molar-refractivity contribution in [1.29, 1.82) is 0 Å². The van der Waals surface area contributed by atoms with Crippen molar-refractivity contribution < 1.29 is 4.79 Å². The van der Waals surface area contributed by atoms with E-state index in [1.807, 2.05) is 35.9 Å². The van der Waals surface area contributed by atoms with Crippen LogP contribution in [0.3, 0.4) is 0 Å². The summed E-state index contributed by atoms with van der Waals surface area (Å²) < 4.78 is 2.94. The molecule has 0 unspecified atom stereocenters. The Hall–Kier alpha value is -2.09. The van der Waals surface area contributed by atoms with E-state index >= 15 is 0 Å². The number of imidazole rings is 1. The highest BCUT2D eigenvalue weighted by molar-refractivity contribution is 9.10. The highest BCUT2D eigenvalue weighted by Gasteiger charge is 2.06. The van der Waals surface area contributed by atoms with Gasteiger partial charge in [-0.25, -0.2) is 9.98 Å². The predicted octanol–water partition coefficient (Wildman–Crippen LogP) is 1.24. The van der Waals surface area contributed by atoms with E-state index in [1.54, 1.807) is 14.1 Å². The van der Waals surface area contributed by atoms with Crippen LogP contribution in [0.15, 0.2) is 34.0 Å². The summed E-state index contributed by atoms with van der Waals surface area (Å²) in [6.45, 7) is 3.34. The molecule has 8 heteroatoms. The Kier molecular flexibility index (Phi) is 5.97. The molecule has 0 aliphatic rings. The molecule has 0 aliphatic carbocycles. The van der Waals surface area contributed by atoms with Crippen molar-refractivity contribution in [2.75, 3.05) is 27.2 Å². The number of nitrogens with zero attached hydrogens (tertiary/aromatic N) is 4. The Balaban J connectivity index is 2.04. The average Bonchev–Trinajstić information content (AvgIpc) is 2.91. The fourth-order valence-electron chi connectivity index (χ4n) is 1.91. The lowest BCUT2D eigenvalue weighted by Crippen LogP contribution is -2.42. The number of rotatable bonds is 5. The molecule has 0 spiro atoms. The molecule has 2 aromatic rings. The molecule has 0 aliphatic heterocycles. The molecule has 0 saturated heterocycles. The molecule has 2 N–H and O–H groups in total. The number of nitrogens with one attached hydrogen (secondary N) is 2. The third-order valence-electron chi connectivity index (χ3n) is 3.11. The molecule has 0 atom stereocenters. The van der Waals surface area contributed by atoms with Gasteiger partial charge in [0.25, 0.3) is 0 Å². The summed E-state index contributed by atoms with van der Waals surface area (Å²) in [6, 6.07) is 3.89. The second-order valence-corrected chi connectivity index (χ2v) is 6.10. The molecule has 2 aromatic heterocycles. The van der Waals surface area contributed by atoms with E-state index in [2.05, 4.69) is 36.5 Å². The number of hydrogen-bond acceptors (Lipinski definition) is 3. The Labute approximate surface area is 143 Å². The van der Waals surface area contributed by atoms with Gasteiger partial charge in [0.15, 0.2) is 5.96 Å². The van der Waals surface area contributed by atoms with Crippen molar-refractivity contribution in [3.63, 3.8) is 0 Å². The molecule has 0 aromatic carbocycles. The van der Waals surface area contributed by atoms with Crippen LogP contribution in [-0.4, -0.2) is 53.3 Å². The maximum atomic E-state index is 11.6. The SMILES string of the molecule is CCNC(=NCc1cn2cc(Br)ccc2n1)NCC(=O)N(C)C. The van der Waals surface area contributed by atoms with Crippen LogP contribution in [0.25, 0.3) is 5.65 Å². The summed E-state index contributed by atoms with van der Waals surface area (Å²) in [5, 5.41) is 6.14. The molecule has 7 nitrogen and oxygen atoms in total. The fourth-order valence-corrected chi connectivity index (χ4v) is 2.27. The van der Waals surface area contributed by atoms with Crippen LogP contribution in [0.4, 0.5) is 0 Å². The van der Waals surface area contributed by atoms with Crippen molar-refractivity contribution in [3.05, 3.63) is 34.7 Å². The molecule has 1 amide bonds. The van der Waals surface area contributed by atoms with Crippen molar-refractivity contribution >= 4 is 33.4 Å². The van der Waals surface area contributed by atoms with Crippen LogP contribution in [0.1, 0.15) is 12.6 Å². The second-order valence-electron chi connectivity index (χ2n) is 5.18. The molecule has 0 fully saturated rings. The number of pyridine rings is 1. The van der Waals surface area contributed by atoms with E-state index in [4.69, 9.17) is 0 Å². The largest absolute Gasteiger partial charge is 0.357 e. The number of guanidine groups is 1. The Morgan fingerprint density at radius 1 is 1.35 bits per heavy atom. The first kappa shape index (κ1) is 17.3. The molecule has 2 heterocycles. The second kappa shape index (κ2) is 7.96. The lowest BCUT2D eigenvalue weighted by atomic mass is 10.5. The van der Waals surface area contributed by atoms with Crippen molar-refractivity contribution in [2.45, 2.75) is 13.5 Å². The molecule has 0 radical (unpaired) electrons. The fraction of sp³-hybridized carbons (Fsp3) is 0.400. The predicted molar refractivity (Wildman–Crippen MR) is 94.4 cm³/mol. The first-order chi connectivity index (χ1) is 11.0. The van der Waals surface area contributed by atoms with Crippen LogP contribution >= 0.6 is 15.9 Å². The lowest BCUT2D eigenvalue weighted by Gasteiger charge is -2.13. The van der Waals surface area contributed by atoms with E-state index < -0.39 is 0 Å². The van der Waals surface area contributed by atoms with Crippen molar-refractivity contribution in [3.8, 4) is 0 Å². The smallest absolute Gasteiger partial charge is 0.241 e. The van der Waals surface area contributed by atoms with Crippen LogP contribution < -0.4 is 10.6 Å². The summed E-state index contributed by atoms with van der Waals surface area (Å²) in [5.41, 5.74) is 1.73. The Bertz CT molecular complexity index is 709. The summed E-state index contributed by atoms with van der Waals surface area (Å²) in [4.78, 5) is 22.2. The molecular weight excluding hydrogens is 360 g/mol. The highest BCUT2D eigenvalue weighted by atomic mass is 79.9. The zero-order valence-corrected chi connectivity index (χ0v) is 15.1. The number of fused-ring (bicyclic) bond motifs is 1. The van der Waals surface area contributed by atoms with Crippen LogP contribution in [0.5, 0.6) is 0 Å². The zero-order valence-electron chi connectivity index (χ0n) is 13.5. The first-order valence-electron chi connectivity index (χ1n) is 7.35. The van der Waals surface area contributed by atoms with Gasteiger partial charge in [-0.15, -0.1) is 0 Å². The zero-order chi connectivity index (χ0) is 16.8. The number of likely N-dealkylation sites (N-methyl/N-ethyl adjacent to an activating group) is 1. The van der Waals surface area contributed by atoms with Gasteiger partial charge in [0.1, 0.15) is 5.65 Å². The van der Waals surface area contributed by atoms with Gasteiger partial charge in [-0.2, -0.15) is 0 Å². The quantitative estimate of drug-likeness (QED) is 0.604. The molecular formula is C15H21BrN6O.